The smallest absolute Gasteiger partial charge is 0.163 e. The minimum absolute atomic E-state index is 0.355. The second-order valence-corrected chi connectivity index (χ2v) is 8.55. The Hall–Kier alpha value is -3.66. The summed E-state index contributed by atoms with van der Waals surface area (Å²) in [4.78, 5) is 1.73. The normalized spacial score (nSPS) is 24.2. The van der Waals surface area contributed by atoms with Crippen molar-refractivity contribution in [2.24, 2.45) is 0 Å². The molecule has 0 aromatic heterocycles. The number of allylic oxidation sites excluding steroid dienone is 4. The number of hydrogen-bond acceptors (Lipinski definition) is 3. The molecule has 0 radical (unpaired) electrons. The van der Waals surface area contributed by atoms with Crippen LogP contribution in [0, 0.1) is 0 Å². The van der Waals surface area contributed by atoms with E-state index in [4.69, 9.17) is 0 Å². The maximum atomic E-state index is 11.8. The first-order valence-electron chi connectivity index (χ1n) is 11.3. The fraction of sp³-hybridized carbons (Fsp3) is 0.133. The van der Waals surface area contributed by atoms with Crippen molar-refractivity contribution in [3.8, 4) is 0 Å². The summed E-state index contributed by atoms with van der Waals surface area (Å²) < 4.78 is 0. The number of rotatable bonds is 5. The largest absolute Gasteiger partial charge is 0.367 e. The summed E-state index contributed by atoms with van der Waals surface area (Å²) in [6.07, 6.45) is 12.3. The summed E-state index contributed by atoms with van der Waals surface area (Å²) >= 11 is 0. The van der Waals surface area contributed by atoms with Crippen molar-refractivity contribution in [2.75, 3.05) is 4.90 Å². The van der Waals surface area contributed by atoms with Crippen LogP contribution in [0.2, 0.25) is 0 Å². The molecule has 2 unspecified atom stereocenters. The Morgan fingerprint density at radius 3 is 1.30 bits per heavy atom. The number of benzene rings is 3. The van der Waals surface area contributed by atoms with E-state index >= 15 is 0 Å². The van der Waals surface area contributed by atoms with E-state index in [0.717, 1.165) is 28.0 Å². The molecule has 0 bridgehead atoms. The van der Waals surface area contributed by atoms with Gasteiger partial charge in [0.25, 0.3) is 0 Å². The van der Waals surface area contributed by atoms with E-state index in [-0.39, 0.29) is 0 Å². The van der Waals surface area contributed by atoms with E-state index in [1.54, 1.807) is 17.1 Å². The molecule has 3 aromatic rings. The van der Waals surface area contributed by atoms with Crippen LogP contribution in [0.4, 0.5) is 5.69 Å². The second kappa shape index (κ2) is 8.70. The summed E-state index contributed by atoms with van der Waals surface area (Å²) in [6.45, 7) is 0. The molecule has 3 heteroatoms. The quantitative estimate of drug-likeness (QED) is 0.488. The molecule has 0 saturated carbocycles. The highest BCUT2D eigenvalue weighted by Gasteiger charge is 2.45. The standard InChI is InChI=1S/C30H27NO2/c32-29(20-16-26(17-21-29)24-10-4-1-5-11-24)31(28-14-8-3-9-15-28)30(33)22-18-27(19-23-30)25-12-6-2-7-13-25/h1-20,22,32-33H,21,23H2. The topological polar surface area (TPSA) is 43.7 Å². The van der Waals surface area contributed by atoms with E-state index in [1.807, 2.05) is 91.0 Å². The van der Waals surface area contributed by atoms with Gasteiger partial charge in [-0.25, -0.2) is 0 Å². The molecule has 164 valence electrons. The molecular weight excluding hydrogens is 406 g/mol. The summed E-state index contributed by atoms with van der Waals surface area (Å²) in [5.74, 6) is 0. The van der Waals surface area contributed by atoms with Gasteiger partial charge in [-0.2, -0.15) is 0 Å². The Morgan fingerprint density at radius 2 is 0.939 bits per heavy atom. The third-order valence-electron chi connectivity index (χ3n) is 6.31. The average Bonchev–Trinajstić information content (AvgIpc) is 2.86. The van der Waals surface area contributed by atoms with Gasteiger partial charge in [-0.05, 0) is 46.6 Å². The highest BCUT2D eigenvalue weighted by Crippen LogP contribution is 2.41. The number of aliphatic hydroxyl groups is 2. The minimum atomic E-state index is -1.38. The molecule has 5 rings (SSSR count). The molecule has 0 aliphatic heterocycles. The van der Waals surface area contributed by atoms with Gasteiger partial charge in [-0.1, -0.05) is 103 Å². The first-order chi connectivity index (χ1) is 16.1. The third-order valence-corrected chi connectivity index (χ3v) is 6.31. The van der Waals surface area contributed by atoms with Gasteiger partial charge in [0.1, 0.15) is 0 Å². The van der Waals surface area contributed by atoms with E-state index in [9.17, 15) is 10.2 Å². The van der Waals surface area contributed by atoms with Gasteiger partial charge in [0.15, 0.2) is 11.4 Å². The summed E-state index contributed by atoms with van der Waals surface area (Å²) in [5.41, 5.74) is 2.33. The van der Waals surface area contributed by atoms with Crippen LogP contribution in [-0.2, 0) is 0 Å². The van der Waals surface area contributed by atoms with Crippen molar-refractivity contribution >= 4 is 16.8 Å². The molecule has 0 heterocycles. The van der Waals surface area contributed by atoms with Crippen molar-refractivity contribution in [1.29, 1.82) is 0 Å². The lowest BCUT2D eigenvalue weighted by Gasteiger charge is -2.49. The first-order valence-corrected chi connectivity index (χ1v) is 11.3. The second-order valence-electron chi connectivity index (χ2n) is 8.55. The van der Waals surface area contributed by atoms with E-state index in [2.05, 4.69) is 24.3 Å². The Morgan fingerprint density at radius 1 is 0.545 bits per heavy atom. The highest BCUT2D eigenvalue weighted by atomic mass is 16.3. The van der Waals surface area contributed by atoms with Crippen LogP contribution in [0.5, 0.6) is 0 Å². The van der Waals surface area contributed by atoms with Crippen molar-refractivity contribution in [1.82, 2.24) is 0 Å². The van der Waals surface area contributed by atoms with Gasteiger partial charge in [0.2, 0.25) is 0 Å². The van der Waals surface area contributed by atoms with Crippen molar-refractivity contribution in [3.05, 3.63) is 139 Å². The summed E-state index contributed by atoms with van der Waals surface area (Å²) in [7, 11) is 0. The summed E-state index contributed by atoms with van der Waals surface area (Å²) in [6, 6.07) is 29.9. The van der Waals surface area contributed by atoms with Gasteiger partial charge >= 0.3 is 0 Å². The van der Waals surface area contributed by atoms with Crippen molar-refractivity contribution in [3.63, 3.8) is 0 Å². The number of para-hydroxylation sites is 1. The molecular formula is C30H27NO2. The molecule has 0 amide bonds. The van der Waals surface area contributed by atoms with Gasteiger partial charge in [-0.15, -0.1) is 0 Å². The lowest BCUT2D eigenvalue weighted by atomic mass is 9.88. The summed E-state index contributed by atoms with van der Waals surface area (Å²) in [5, 5.41) is 23.7. The average molecular weight is 434 g/mol. The Balaban J connectivity index is 1.48. The van der Waals surface area contributed by atoms with Gasteiger partial charge < -0.3 is 15.1 Å². The molecule has 2 N–H and O–H groups in total. The van der Waals surface area contributed by atoms with Crippen LogP contribution in [0.3, 0.4) is 0 Å². The molecule has 0 spiro atoms. The van der Waals surface area contributed by atoms with Gasteiger partial charge in [0.05, 0.1) is 0 Å². The lowest BCUT2D eigenvalue weighted by Crippen LogP contribution is -2.60. The Kier molecular flexibility index (Phi) is 5.59. The molecule has 3 aromatic carbocycles. The zero-order valence-corrected chi connectivity index (χ0v) is 18.4. The van der Waals surface area contributed by atoms with Crippen LogP contribution >= 0.6 is 0 Å². The molecule has 0 fully saturated rings. The zero-order valence-electron chi connectivity index (χ0n) is 18.4. The molecule has 33 heavy (non-hydrogen) atoms. The number of hydrogen-bond donors (Lipinski definition) is 2. The van der Waals surface area contributed by atoms with E-state index in [0.29, 0.717) is 12.8 Å². The molecule has 2 aliphatic rings. The number of nitrogens with zero attached hydrogens (tertiary/aromatic N) is 1. The first kappa shape index (κ1) is 21.2. The maximum Gasteiger partial charge on any atom is 0.163 e. The molecule has 2 aliphatic carbocycles. The highest BCUT2D eigenvalue weighted by molar-refractivity contribution is 5.77. The van der Waals surface area contributed by atoms with Gasteiger partial charge in [-0.3, -0.25) is 0 Å². The SMILES string of the molecule is OC1(N(c2ccccc2)C2(O)C=CC(c3ccccc3)=CC2)C=CC(c2ccccc2)=CC1. The molecule has 2 atom stereocenters. The third kappa shape index (κ3) is 4.21. The van der Waals surface area contributed by atoms with E-state index < -0.39 is 11.4 Å². The predicted octanol–water partition coefficient (Wildman–Crippen LogP) is 5.96. The van der Waals surface area contributed by atoms with Gasteiger partial charge in [0, 0.05) is 18.5 Å². The minimum Gasteiger partial charge on any atom is -0.367 e. The maximum absolute atomic E-state index is 11.8. The number of anilines is 1. The van der Waals surface area contributed by atoms with Crippen LogP contribution in [0.25, 0.3) is 11.1 Å². The van der Waals surface area contributed by atoms with Crippen LogP contribution in [-0.4, -0.2) is 21.7 Å². The van der Waals surface area contributed by atoms with Crippen LogP contribution in [0.1, 0.15) is 24.0 Å². The Labute approximate surface area is 195 Å². The van der Waals surface area contributed by atoms with Crippen molar-refractivity contribution < 1.29 is 10.2 Å². The fourth-order valence-electron chi connectivity index (χ4n) is 4.62. The lowest BCUT2D eigenvalue weighted by molar-refractivity contribution is -0.00566. The molecule has 3 nitrogen and oxygen atoms in total. The molecule has 0 saturated heterocycles. The van der Waals surface area contributed by atoms with Crippen molar-refractivity contribution in [2.45, 2.75) is 24.3 Å². The Bertz CT molecular complexity index is 1150. The van der Waals surface area contributed by atoms with Crippen LogP contribution in [0.15, 0.2) is 127 Å². The van der Waals surface area contributed by atoms with E-state index in [1.165, 1.54) is 0 Å². The monoisotopic (exact) mass is 433 g/mol. The predicted molar refractivity (Wildman–Crippen MR) is 135 cm³/mol. The van der Waals surface area contributed by atoms with Crippen LogP contribution < -0.4 is 4.90 Å². The zero-order chi connectivity index (χ0) is 22.7. The fourth-order valence-corrected chi connectivity index (χ4v) is 4.62.